The molecule has 6 nitrogen and oxygen atoms in total. The second-order valence-electron chi connectivity index (χ2n) is 8.52. The Morgan fingerprint density at radius 2 is 0.938 bits per heavy atom. The van der Waals surface area contributed by atoms with E-state index in [2.05, 4.69) is 27.7 Å². The first-order valence-electron chi connectivity index (χ1n) is 11.0. The lowest BCUT2D eigenvalue weighted by atomic mass is 10.0. The first-order chi connectivity index (χ1) is 15.4. The molecule has 3 rings (SSSR count). The van der Waals surface area contributed by atoms with Crippen LogP contribution in [0.2, 0.25) is 0 Å². The van der Waals surface area contributed by atoms with E-state index in [9.17, 15) is 9.59 Å². The molecule has 0 fully saturated rings. The van der Waals surface area contributed by atoms with Crippen LogP contribution in [0.3, 0.4) is 0 Å². The third-order valence-corrected chi connectivity index (χ3v) is 5.03. The minimum atomic E-state index is -0.761. The molecule has 170 valence electrons. The van der Waals surface area contributed by atoms with E-state index in [0.29, 0.717) is 44.9 Å². The monoisotopic (exact) mass is 438 g/mol. The van der Waals surface area contributed by atoms with Gasteiger partial charge in [-0.3, -0.25) is 0 Å². The highest BCUT2D eigenvalue weighted by molar-refractivity contribution is 6.12. The lowest BCUT2D eigenvalue weighted by Gasteiger charge is -2.16. The highest BCUT2D eigenvalue weighted by Crippen LogP contribution is 2.42. The molecule has 0 aliphatic rings. The number of carbonyl (C=O) groups excluding carboxylic acids is 2. The summed E-state index contributed by atoms with van der Waals surface area (Å²) in [6.45, 7) is 8.81. The maximum atomic E-state index is 12.4. The number of rotatable bonds is 8. The molecule has 0 amide bonds. The predicted octanol–water partition coefficient (Wildman–Crippen LogP) is 7.12. The van der Waals surface area contributed by atoms with Gasteiger partial charge in [0.1, 0.15) is 11.5 Å². The number of carbonyl (C=O) groups is 2. The van der Waals surface area contributed by atoms with Crippen molar-refractivity contribution in [2.75, 3.05) is 13.2 Å². The Bertz CT molecular complexity index is 943. The van der Waals surface area contributed by atoms with Gasteiger partial charge < -0.3 is 18.9 Å². The second-order valence-corrected chi connectivity index (χ2v) is 8.52. The molecular formula is C26H30O6. The summed E-state index contributed by atoms with van der Waals surface area (Å²) in [5.41, 5.74) is 0. The third kappa shape index (κ3) is 5.90. The van der Waals surface area contributed by atoms with E-state index in [1.807, 2.05) is 48.5 Å². The summed E-state index contributed by atoms with van der Waals surface area (Å²) in [5, 5.41) is 2.54. The van der Waals surface area contributed by atoms with Crippen molar-refractivity contribution in [2.24, 2.45) is 11.8 Å². The van der Waals surface area contributed by atoms with Gasteiger partial charge in [0.15, 0.2) is 0 Å². The van der Waals surface area contributed by atoms with Crippen molar-refractivity contribution in [1.82, 2.24) is 0 Å². The molecule has 0 heterocycles. The molecule has 0 bridgehead atoms. The molecule has 0 N–H and O–H groups in total. The summed E-state index contributed by atoms with van der Waals surface area (Å²) in [7, 11) is 0. The number of hydrogen-bond acceptors (Lipinski definition) is 6. The van der Waals surface area contributed by atoms with Crippen molar-refractivity contribution >= 4 is 33.9 Å². The maximum absolute atomic E-state index is 12.4. The van der Waals surface area contributed by atoms with Crippen LogP contribution < -0.4 is 9.47 Å². The van der Waals surface area contributed by atoms with Crippen molar-refractivity contribution < 1.29 is 28.5 Å². The van der Waals surface area contributed by atoms with E-state index in [1.54, 1.807) is 0 Å². The van der Waals surface area contributed by atoms with Gasteiger partial charge in [-0.05, 0) is 24.7 Å². The fourth-order valence-corrected chi connectivity index (χ4v) is 3.25. The van der Waals surface area contributed by atoms with Crippen LogP contribution in [0, 0.1) is 11.8 Å². The number of ether oxygens (including phenoxy) is 4. The Morgan fingerprint density at radius 1 is 0.625 bits per heavy atom. The fourth-order valence-electron chi connectivity index (χ4n) is 3.25. The van der Waals surface area contributed by atoms with Crippen molar-refractivity contribution in [3.8, 4) is 11.5 Å². The Balaban J connectivity index is 1.95. The first kappa shape index (κ1) is 23.4. The Hall–Kier alpha value is -3.28. The lowest BCUT2D eigenvalue weighted by Crippen LogP contribution is -2.14. The molecule has 0 aliphatic carbocycles. The van der Waals surface area contributed by atoms with Gasteiger partial charge in [0.05, 0.1) is 13.2 Å². The minimum absolute atomic E-state index is 0.287. The van der Waals surface area contributed by atoms with Gasteiger partial charge in [0.25, 0.3) is 0 Å². The molecule has 0 unspecified atom stereocenters. The summed E-state index contributed by atoms with van der Waals surface area (Å²) in [6.07, 6.45) is -0.0182. The highest BCUT2D eigenvalue weighted by Gasteiger charge is 2.21. The molecule has 0 radical (unpaired) electrons. The van der Waals surface area contributed by atoms with Gasteiger partial charge in [0, 0.05) is 21.5 Å². The van der Waals surface area contributed by atoms with E-state index in [4.69, 9.17) is 18.9 Å². The van der Waals surface area contributed by atoms with E-state index >= 15 is 0 Å². The molecule has 0 saturated heterocycles. The average molecular weight is 439 g/mol. The fraction of sp³-hybridized carbons (Fsp3) is 0.385. The van der Waals surface area contributed by atoms with Gasteiger partial charge in [-0.1, -0.05) is 76.2 Å². The van der Waals surface area contributed by atoms with Crippen LogP contribution in [0.15, 0.2) is 48.5 Å². The van der Waals surface area contributed by atoms with Gasteiger partial charge in [-0.15, -0.1) is 0 Å². The third-order valence-electron chi connectivity index (χ3n) is 5.03. The number of fused-ring (bicyclic) bond motifs is 2. The molecule has 3 aromatic rings. The van der Waals surface area contributed by atoms with Crippen molar-refractivity contribution in [3.05, 3.63) is 48.5 Å². The first-order valence-corrected chi connectivity index (χ1v) is 11.0. The molecule has 32 heavy (non-hydrogen) atoms. The van der Waals surface area contributed by atoms with E-state index in [-0.39, 0.29) is 13.2 Å². The molecule has 0 saturated carbocycles. The van der Waals surface area contributed by atoms with Crippen molar-refractivity contribution in [1.29, 1.82) is 0 Å². The van der Waals surface area contributed by atoms with Gasteiger partial charge in [-0.25, -0.2) is 9.59 Å². The van der Waals surface area contributed by atoms with Gasteiger partial charge in [-0.2, -0.15) is 0 Å². The zero-order chi connectivity index (χ0) is 23.1. The predicted molar refractivity (Wildman–Crippen MR) is 124 cm³/mol. The molecule has 0 aromatic heterocycles. The van der Waals surface area contributed by atoms with Crippen LogP contribution in [0.4, 0.5) is 9.59 Å². The normalized spacial score (nSPS) is 11.2. The molecule has 3 aromatic carbocycles. The Morgan fingerprint density at radius 3 is 1.22 bits per heavy atom. The quantitative estimate of drug-likeness (QED) is 0.212. The maximum Gasteiger partial charge on any atom is 0.513 e. The summed E-state index contributed by atoms with van der Waals surface area (Å²) in [5.74, 6) is 1.57. The van der Waals surface area contributed by atoms with Gasteiger partial charge >= 0.3 is 12.3 Å². The second kappa shape index (κ2) is 10.8. The highest BCUT2D eigenvalue weighted by atomic mass is 16.7. The van der Waals surface area contributed by atoms with E-state index in [1.165, 1.54) is 0 Å². The molecule has 0 aliphatic heterocycles. The van der Waals surface area contributed by atoms with Crippen LogP contribution >= 0.6 is 0 Å². The van der Waals surface area contributed by atoms with Crippen molar-refractivity contribution in [2.45, 2.75) is 40.5 Å². The smallest absolute Gasteiger partial charge is 0.434 e. The van der Waals surface area contributed by atoms with Crippen LogP contribution in [0.5, 0.6) is 11.5 Å². The molecule has 0 atom stereocenters. The van der Waals surface area contributed by atoms with Crippen LogP contribution in [0.25, 0.3) is 21.5 Å². The SMILES string of the molecule is CC(C)CCOC(=O)Oc1c2ccccc2c(OC(=O)OCCC(C)C)c2ccccc12. The van der Waals surface area contributed by atoms with Crippen LogP contribution in [-0.2, 0) is 9.47 Å². The summed E-state index contributed by atoms with van der Waals surface area (Å²) < 4.78 is 21.8. The minimum Gasteiger partial charge on any atom is -0.434 e. The largest absolute Gasteiger partial charge is 0.513 e. The van der Waals surface area contributed by atoms with Crippen LogP contribution in [0.1, 0.15) is 40.5 Å². The average Bonchev–Trinajstić information content (AvgIpc) is 2.75. The number of hydrogen-bond donors (Lipinski definition) is 0. The van der Waals surface area contributed by atoms with Crippen LogP contribution in [-0.4, -0.2) is 25.5 Å². The standard InChI is InChI=1S/C26H30O6/c1-17(2)13-15-29-25(27)31-23-19-9-5-7-11-21(19)24(22-12-8-6-10-20(22)23)32-26(28)30-16-14-18(3)4/h5-12,17-18H,13-16H2,1-4H3. The number of benzene rings is 3. The van der Waals surface area contributed by atoms with E-state index < -0.39 is 12.3 Å². The molecule has 6 heteroatoms. The summed E-state index contributed by atoms with van der Waals surface area (Å²) in [6, 6.07) is 14.6. The topological polar surface area (TPSA) is 71.1 Å². The van der Waals surface area contributed by atoms with Crippen molar-refractivity contribution in [3.63, 3.8) is 0 Å². The molecular weight excluding hydrogens is 408 g/mol. The zero-order valence-electron chi connectivity index (χ0n) is 19.1. The van der Waals surface area contributed by atoms with Gasteiger partial charge in [0.2, 0.25) is 0 Å². The zero-order valence-corrected chi connectivity index (χ0v) is 19.1. The Labute approximate surface area is 188 Å². The molecule has 0 spiro atoms. The summed E-state index contributed by atoms with van der Waals surface area (Å²) >= 11 is 0. The van der Waals surface area contributed by atoms with E-state index in [0.717, 1.165) is 12.8 Å². The summed E-state index contributed by atoms with van der Waals surface area (Å²) in [4.78, 5) is 24.7. The lowest BCUT2D eigenvalue weighted by molar-refractivity contribution is 0.0940. The Kier molecular flexibility index (Phi) is 7.92.